The van der Waals surface area contributed by atoms with Crippen molar-refractivity contribution in [2.24, 2.45) is 23.2 Å². The van der Waals surface area contributed by atoms with Crippen molar-refractivity contribution in [3.8, 4) is 0 Å². The lowest BCUT2D eigenvalue weighted by atomic mass is 9.82. The van der Waals surface area contributed by atoms with E-state index in [1.165, 1.54) is 18.6 Å². The molecule has 1 aromatic heterocycles. The Labute approximate surface area is 295 Å². The largest absolute Gasteiger partial charge is 0.347 e. The van der Waals surface area contributed by atoms with E-state index in [2.05, 4.69) is 31.2 Å². The van der Waals surface area contributed by atoms with E-state index < -0.39 is 53.6 Å². The van der Waals surface area contributed by atoms with E-state index in [0.717, 1.165) is 64.2 Å². The number of carbonyl (C=O) groups is 6. The van der Waals surface area contributed by atoms with E-state index in [1.807, 2.05) is 27.7 Å². The van der Waals surface area contributed by atoms with Crippen molar-refractivity contribution in [3.05, 3.63) is 24.3 Å². The first-order chi connectivity index (χ1) is 23.9. The van der Waals surface area contributed by atoms with Gasteiger partial charge in [-0.25, -0.2) is 4.98 Å². The van der Waals surface area contributed by atoms with Crippen LogP contribution in [0.15, 0.2) is 18.6 Å². The lowest BCUT2D eigenvalue weighted by Crippen LogP contribution is -2.60. The molecule has 4 fully saturated rings. The van der Waals surface area contributed by atoms with Crippen LogP contribution in [0.2, 0.25) is 0 Å². The van der Waals surface area contributed by atoms with Gasteiger partial charge in [-0.2, -0.15) is 0 Å². The number of ketones is 1. The van der Waals surface area contributed by atoms with E-state index >= 15 is 0 Å². The number of likely N-dealkylation sites (tertiary alicyclic amines) is 1. The molecule has 3 aliphatic carbocycles. The fraction of sp³-hybridized carbons (Fsp3) is 0.730. The normalized spacial score (nSPS) is 24.0. The minimum absolute atomic E-state index is 0.0135. The number of rotatable bonds is 14. The van der Waals surface area contributed by atoms with Crippen molar-refractivity contribution in [2.75, 3.05) is 6.54 Å². The molecule has 6 atom stereocenters. The van der Waals surface area contributed by atoms with Crippen molar-refractivity contribution >= 4 is 35.3 Å². The maximum Gasteiger partial charge on any atom is 0.289 e. The third kappa shape index (κ3) is 9.45. The van der Waals surface area contributed by atoms with Gasteiger partial charge in [0.15, 0.2) is 0 Å². The molecule has 13 nitrogen and oxygen atoms in total. The van der Waals surface area contributed by atoms with Gasteiger partial charge in [-0.3, -0.25) is 33.8 Å². The van der Waals surface area contributed by atoms with Crippen LogP contribution in [0, 0.1) is 23.2 Å². The summed E-state index contributed by atoms with van der Waals surface area (Å²) in [6, 6.07) is -3.62. The van der Waals surface area contributed by atoms with Crippen LogP contribution < -0.4 is 21.3 Å². The SMILES string of the molecule is CCC[C@H](NC(=O)[C@@H]1[C@H]2CCC[C@H]2CN1C(=O)[C@H](CC(C)(C)C)NC(=O)[C@@H](NC(=O)c1cnccn1)C1CCCCC1)C(=O)C(=O)NC1CC1. The van der Waals surface area contributed by atoms with Gasteiger partial charge in [-0.15, -0.1) is 0 Å². The number of nitrogens with one attached hydrogen (secondary N) is 4. The first-order valence-corrected chi connectivity index (χ1v) is 18.7. The van der Waals surface area contributed by atoms with Gasteiger partial charge >= 0.3 is 0 Å². The van der Waals surface area contributed by atoms with E-state index in [4.69, 9.17) is 0 Å². The van der Waals surface area contributed by atoms with Crippen LogP contribution in [-0.4, -0.2) is 86.9 Å². The molecule has 0 radical (unpaired) electrons. The maximum absolute atomic E-state index is 14.6. The van der Waals surface area contributed by atoms with Crippen molar-refractivity contribution in [2.45, 2.75) is 141 Å². The molecular formula is C37H55N7O6. The van der Waals surface area contributed by atoms with Gasteiger partial charge in [0, 0.05) is 25.0 Å². The molecular weight excluding hydrogens is 638 g/mol. The Bertz CT molecular complexity index is 1400. The van der Waals surface area contributed by atoms with Gasteiger partial charge < -0.3 is 26.2 Å². The molecule has 0 bridgehead atoms. The number of carbonyl (C=O) groups excluding carboxylic acids is 6. The molecule has 50 heavy (non-hydrogen) atoms. The van der Waals surface area contributed by atoms with Crippen molar-refractivity contribution in [1.29, 1.82) is 0 Å². The van der Waals surface area contributed by atoms with Crippen LogP contribution in [-0.2, 0) is 24.0 Å². The van der Waals surface area contributed by atoms with Crippen molar-refractivity contribution in [3.63, 3.8) is 0 Å². The topological polar surface area (TPSA) is 180 Å². The number of aromatic nitrogens is 2. The minimum atomic E-state index is -0.983. The molecule has 2 heterocycles. The second-order valence-electron chi connectivity index (χ2n) is 16.0. The molecule has 4 aliphatic rings. The zero-order valence-electron chi connectivity index (χ0n) is 30.0. The summed E-state index contributed by atoms with van der Waals surface area (Å²) in [6.07, 6.45) is 14.2. The fourth-order valence-corrected chi connectivity index (χ4v) is 8.10. The Hall–Kier alpha value is -3.90. The highest BCUT2D eigenvalue weighted by Gasteiger charge is 2.51. The molecule has 0 unspecified atom stereocenters. The number of hydrogen-bond donors (Lipinski definition) is 4. The van der Waals surface area contributed by atoms with Crippen LogP contribution in [0.5, 0.6) is 0 Å². The first-order valence-electron chi connectivity index (χ1n) is 18.7. The zero-order valence-corrected chi connectivity index (χ0v) is 30.0. The molecule has 1 aliphatic heterocycles. The van der Waals surface area contributed by atoms with E-state index in [0.29, 0.717) is 25.8 Å². The minimum Gasteiger partial charge on any atom is -0.347 e. The summed E-state index contributed by atoms with van der Waals surface area (Å²) in [5, 5.41) is 11.5. The number of Topliss-reactive ketones (excluding diaryl/α,β-unsaturated/α-hetero) is 1. The Kier molecular flexibility index (Phi) is 12.3. The van der Waals surface area contributed by atoms with Crippen molar-refractivity contribution in [1.82, 2.24) is 36.1 Å². The second kappa shape index (κ2) is 16.4. The number of amides is 5. The lowest BCUT2D eigenvalue weighted by molar-refractivity contribution is -0.145. The summed E-state index contributed by atoms with van der Waals surface area (Å²) in [5.41, 5.74) is -0.261. The Morgan fingerprint density at radius 2 is 1.62 bits per heavy atom. The van der Waals surface area contributed by atoms with Gasteiger partial charge in [-0.1, -0.05) is 59.8 Å². The third-order valence-corrected chi connectivity index (χ3v) is 10.7. The predicted molar refractivity (Wildman–Crippen MR) is 185 cm³/mol. The second-order valence-corrected chi connectivity index (χ2v) is 16.0. The number of hydrogen-bond acceptors (Lipinski definition) is 8. The average molecular weight is 694 g/mol. The standard InChI is InChI=1S/C37H55N7O6/c1-5-10-26(31(45)35(49)40-24-15-16-24)41-34(48)30-25-14-9-13-23(25)21-44(30)36(50)27(19-37(2,3)4)42-33(47)29(22-11-7-6-8-12-22)43-32(46)28-20-38-17-18-39-28/h17-18,20,22-27,29-30H,5-16,19,21H2,1-4H3,(H,40,49)(H,41,48)(H,42,47)(H,43,46)/t23-,25-,26-,27-,29-,30-/m0/s1. The van der Waals surface area contributed by atoms with Gasteiger partial charge in [0.2, 0.25) is 23.5 Å². The molecule has 3 saturated carbocycles. The molecule has 4 N–H and O–H groups in total. The van der Waals surface area contributed by atoms with Crippen LogP contribution in [0.3, 0.4) is 0 Å². The Morgan fingerprint density at radius 3 is 2.26 bits per heavy atom. The molecule has 274 valence electrons. The number of fused-ring (bicyclic) bond motifs is 1. The number of nitrogens with zero attached hydrogens (tertiary/aromatic N) is 3. The van der Waals surface area contributed by atoms with Crippen LogP contribution in [0.1, 0.15) is 122 Å². The fourth-order valence-electron chi connectivity index (χ4n) is 8.10. The van der Waals surface area contributed by atoms with Gasteiger partial charge in [0.05, 0.1) is 12.2 Å². The highest BCUT2D eigenvalue weighted by molar-refractivity contribution is 6.38. The highest BCUT2D eigenvalue weighted by atomic mass is 16.2. The Morgan fingerprint density at radius 1 is 0.880 bits per heavy atom. The molecule has 5 rings (SSSR count). The van der Waals surface area contributed by atoms with Crippen LogP contribution >= 0.6 is 0 Å². The first kappa shape index (κ1) is 37.4. The lowest BCUT2D eigenvalue weighted by Gasteiger charge is -2.35. The summed E-state index contributed by atoms with van der Waals surface area (Å²) in [5.74, 6) is -3.14. The molecule has 1 aromatic rings. The van der Waals surface area contributed by atoms with E-state index in [-0.39, 0.29) is 40.8 Å². The predicted octanol–water partition coefficient (Wildman–Crippen LogP) is 2.84. The molecule has 0 aromatic carbocycles. The van der Waals surface area contributed by atoms with Gasteiger partial charge in [0.1, 0.15) is 23.8 Å². The quantitative estimate of drug-likeness (QED) is 0.215. The summed E-state index contributed by atoms with van der Waals surface area (Å²) < 4.78 is 0. The van der Waals surface area contributed by atoms with E-state index in [1.54, 1.807) is 4.90 Å². The van der Waals surface area contributed by atoms with Crippen LogP contribution in [0.4, 0.5) is 0 Å². The van der Waals surface area contributed by atoms with E-state index in [9.17, 15) is 28.8 Å². The summed E-state index contributed by atoms with van der Waals surface area (Å²) >= 11 is 0. The molecule has 0 spiro atoms. The smallest absolute Gasteiger partial charge is 0.289 e. The zero-order chi connectivity index (χ0) is 36.0. The van der Waals surface area contributed by atoms with Gasteiger partial charge in [-0.05, 0) is 74.5 Å². The van der Waals surface area contributed by atoms with Crippen molar-refractivity contribution < 1.29 is 28.8 Å². The van der Waals surface area contributed by atoms with Crippen LogP contribution in [0.25, 0.3) is 0 Å². The monoisotopic (exact) mass is 693 g/mol. The van der Waals surface area contributed by atoms with Gasteiger partial charge in [0.25, 0.3) is 11.8 Å². The molecule has 1 saturated heterocycles. The molecule has 13 heteroatoms. The highest BCUT2D eigenvalue weighted by Crippen LogP contribution is 2.43. The Balaban J connectivity index is 1.36. The third-order valence-electron chi connectivity index (χ3n) is 10.7. The molecule has 5 amide bonds. The summed E-state index contributed by atoms with van der Waals surface area (Å²) in [7, 11) is 0. The maximum atomic E-state index is 14.6. The average Bonchev–Trinajstić information content (AvgIpc) is 3.66. The summed E-state index contributed by atoms with van der Waals surface area (Å²) in [6.45, 7) is 8.24. The summed E-state index contributed by atoms with van der Waals surface area (Å²) in [4.78, 5) is 91.6.